The predicted octanol–water partition coefficient (Wildman–Crippen LogP) is 2.61. The molecular formula is C17H25NO3. The van der Waals surface area contributed by atoms with Gasteiger partial charge in [0.05, 0.1) is 6.10 Å². The maximum Gasteiger partial charge on any atom is 0.258 e. The van der Waals surface area contributed by atoms with Crippen molar-refractivity contribution in [3.8, 4) is 5.75 Å². The molecule has 1 aliphatic carbocycles. The quantitative estimate of drug-likeness (QED) is 0.876. The van der Waals surface area contributed by atoms with Crippen LogP contribution < -0.4 is 10.1 Å². The first-order valence-corrected chi connectivity index (χ1v) is 7.75. The zero-order chi connectivity index (χ0) is 15.2. The third-order valence-corrected chi connectivity index (χ3v) is 3.93. The third-order valence-electron chi connectivity index (χ3n) is 3.93. The van der Waals surface area contributed by atoms with Gasteiger partial charge in [0.25, 0.3) is 5.91 Å². The molecule has 4 heteroatoms. The van der Waals surface area contributed by atoms with E-state index < -0.39 is 0 Å². The summed E-state index contributed by atoms with van der Waals surface area (Å²) < 4.78 is 5.50. The molecule has 1 aromatic rings. The van der Waals surface area contributed by atoms with Gasteiger partial charge in [-0.1, -0.05) is 26.0 Å². The van der Waals surface area contributed by atoms with Crippen LogP contribution in [0.1, 0.15) is 51.0 Å². The Bertz CT molecular complexity index is 456. The van der Waals surface area contributed by atoms with Gasteiger partial charge in [-0.25, -0.2) is 0 Å². The van der Waals surface area contributed by atoms with Crippen LogP contribution in [0.15, 0.2) is 24.3 Å². The van der Waals surface area contributed by atoms with Crippen LogP contribution in [0.3, 0.4) is 0 Å². The fourth-order valence-corrected chi connectivity index (χ4v) is 2.66. The zero-order valence-corrected chi connectivity index (χ0v) is 12.8. The summed E-state index contributed by atoms with van der Waals surface area (Å²) >= 11 is 0. The molecular weight excluding hydrogens is 266 g/mol. The second kappa shape index (κ2) is 7.46. The lowest BCUT2D eigenvalue weighted by Gasteiger charge is -2.26. The van der Waals surface area contributed by atoms with Gasteiger partial charge in [-0.2, -0.15) is 0 Å². The molecule has 1 aliphatic rings. The summed E-state index contributed by atoms with van der Waals surface area (Å²) in [6.45, 7) is 4.30. The molecule has 0 saturated heterocycles. The van der Waals surface area contributed by atoms with Gasteiger partial charge in [0.1, 0.15) is 5.75 Å². The van der Waals surface area contributed by atoms with Crippen LogP contribution in [-0.2, 0) is 4.79 Å². The highest BCUT2D eigenvalue weighted by Gasteiger charge is 2.21. The van der Waals surface area contributed by atoms with Crippen LogP contribution >= 0.6 is 0 Å². The van der Waals surface area contributed by atoms with Gasteiger partial charge in [-0.05, 0) is 49.3 Å². The summed E-state index contributed by atoms with van der Waals surface area (Å²) in [4.78, 5) is 11.8. The van der Waals surface area contributed by atoms with Crippen LogP contribution in [0.4, 0.5) is 0 Å². The van der Waals surface area contributed by atoms with E-state index in [-0.39, 0.29) is 24.7 Å². The summed E-state index contributed by atoms with van der Waals surface area (Å²) in [6, 6.07) is 7.92. The molecule has 1 saturated carbocycles. The number of nitrogens with one attached hydrogen (secondary N) is 1. The van der Waals surface area contributed by atoms with Crippen molar-refractivity contribution in [2.45, 2.75) is 57.6 Å². The minimum absolute atomic E-state index is 0.0214. The van der Waals surface area contributed by atoms with Crippen molar-refractivity contribution in [3.63, 3.8) is 0 Å². The van der Waals surface area contributed by atoms with Crippen molar-refractivity contribution in [2.24, 2.45) is 0 Å². The number of aliphatic hydroxyl groups is 1. The fraction of sp³-hybridized carbons (Fsp3) is 0.588. The smallest absolute Gasteiger partial charge is 0.258 e. The third kappa shape index (κ3) is 5.05. The van der Waals surface area contributed by atoms with Crippen molar-refractivity contribution in [1.82, 2.24) is 5.32 Å². The largest absolute Gasteiger partial charge is 0.484 e. The van der Waals surface area contributed by atoms with Gasteiger partial charge in [0.2, 0.25) is 0 Å². The number of hydrogen-bond donors (Lipinski definition) is 2. The highest BCUT2D eigenvalue weighted by atomic mass is 16.5. The van der Waals surface area contributed by atoms with E-state index in [1.54, 1.807) is 0 Å². The summed E-state index contributed by atoms with van der Waals surface area (Å²) in [7, 11) is 0. The number of ether oxygens (including phenoxy) is 1. The van der Waals surface area contributed by atoms with Crippen molar-refractivity contribution in [2.75, 3.05) is 6.61 Å². The van der Waals surface area contributed by atoms with E-state index >= 15 is 0 Å². The van der Waals surface area contributed by atoms with E-state index in [2.05, 4.69) is 19.2 Å². The average Bonchev–Trinajstić information content (AvgIpc) is 2.45. The highest BCUT2D eigenvalue weighted by molar-refractivity contribution is 5.77. The van der Waals surface area contributed by atoms with Crippen molar-refractivity contribution in [1.29, 1.82) is 0 Å². The van der Waals surface area contributed by atoms with Gasteiger partial charge in [0, 0.05) is 6.04 Å². The molecule has 0 radical (unpaired) electrons. The molecule has 2 rings (SSSR count). The van der Waals surface area contributed by atoms with Gasteiger partial charge in [-0.15, -0.1) is 0 Å². The maximum absolute atomic E-state index is 11.8. The SMILES string of the molecule is CC(C)c1ccc(OCC(=O)N[C@H]2CCC[C@H](O)C2)cc1. The van der Waals surface area contributed by atoms with E-state index in [0.29, 0.717) is 18.1 Å². The van der Waals surface area contributed by atoms with Gasteiger partial charge < -0.3 is 15.2 Å². The van der Waals surface area contributed by atoms with Crippen LogP contribution in [0.25, 0.3) is 0 Å². The normalized spacial score (nSPS) is 22.1. The standard InChI is InChI=1S/C17H25NO3/c1-12(2)13-6-8-16(9-7-13)21-11-17(20)18-14-4-3-5-15(19)10-14/h6-9,12,14-15,19H,3-5,10-11H2,1-2H3,(H,18,20)/t14-,15-/m0/s1. The number of benzene rings is 1. The molecule has 4 nitrogen and oxygen atoms in total. The first kappa shape index (κ1) is 15.8. The molecule has 1 amide bonds. The van der Waals surface area contributed by atoms with Crippen molar-refractivity contribution < 1.29 is 14.6 Å². The van der Waals surface area contributed by atoms with Gasteiger partial charge in [0.15, 0.2) is 6.61 Å². The maximum atomic E-state index is 11.8. The molecule has 0 aromatic heterocycles. The topological polar surface area (TPSA) is 58.6 Å². The lowest BCUT2D eigenvalue weighted by atomic mass is 9.93. The highest BCUT2D eigenvalue weighted by Crippen LogP contribution is 2.19. The van der Waals surface area contributed by atoms with E-state index in [4.69, 9.17) is 4.74 Å². The van der Waals surface area contributed by atoms with Crippen LogP contribution in [0, 0.1) is 0 Å². The molecule has 0 aliphatic heterocycles. The summed E-state index contributed by atoms with van der Waals surface area (Å²) in [6.07, 6.45) is 3.10. The number of aliphatic hydroxyl groups excluding tert-OH is 1. The molecule has 2 N–H and O–H groups in total. The summed E-state index contributed by atoms with van der Waals surface area (Å²) in [5.74, 6) is 1.07. The van der Waals surface area contributed by atoms with Crippen LogP contribution in [0.2, 0.25) is 0 Å². The van der Waals surface area contributed by atoms with Crippen molar-refractivity contribution in [3.05, 3.63) is 29.8 Å². The minimum Gasteiger partial charge on any atom is -0.484 e. The predicted molar refractivity (Wildman–Crippen MR) is 82.4 cm³/mol. The molecule has 0 spiro atoms. The molecule has 21 heavy (non-hydrogen) atoms. The average molecular weight is 291 g/mol. The fourth-order valence-electron chi connectivity index (χ4n) is 2.66. The van der Waals surface area contributed by atoms with Crippen molar-refractivity contribution >= 4 is 5.91 Å². The minimum atomic E-state index is -0.284. The number of carbonyl (C=O) groups excluding carboxylic acids is 1. The Balaban J connectivity index is 1.75. The molecule has 1 fully saturated rings. The Labute approximate surface area is 126 Å². The molecule has 2 atom stereocenters. The lowest BCUT2D eigenvalue weighted by Crippen LogP contribution is -2.41. The molecule has 0 bridgehead atoms. The number of hydrogen-bond acceptors (Lipinski definition) is 3. The van der Waals surface area contributed by atoms with Gasteiger partial charge >= 0.3 is 0 Å². The number of rotatable bonds is 5. The monoisotopic (exact) mass is 291 g/mol. The summed E-state index contributed by atoms with van der Waals surface area (Å²) in [5.41, 5.74) is 1.25. The van der Waals surface area contributed by atoms with E-state index in [9.17, 15) is 9.90 Å². The Hall–Kier alpha value is -1.55. The first-order chi connectivity index (χ1) is 10.0. The Morgan fingerprint density at radius 1 is 1.33 bits per heavy atom. The van der Waals surface area contributed by atoms with Crippen LogP contribution in [0.5, 0.6) is 5.75 Å². The Morgan fingerprint density at radius 3 is 2.67 bits per heavy atom. The van der Waals surface area contributed by atoms with Gasteiger partial charge in [-0.3, -0.25) is 4.79 Å². The number of carbonyl (C=O) groups is 1. The van der Waals surface area contributed by atoms with Crippen LogP contribution in [-0.4, -0.2) is 29.8 Å². The molecule has 0 heterocycles. The Kier molecular flexibility index (Phi) is 5.62. The molecule has 1 aromatic carbocycles. The van der Waals surface area contributed by atoms with E-state index in [1.165, 1.54) is 5.56 Å². The van der Waals surface area contributed by atoms with E-state index in [1.807, 2.05) is 24.3 Å². The second-order valence-electron chi connectivity index (χ2n) is 6.10. The number of amides is 1. The zero-order valence-electron chi connectivity index (χ0n) is 12.8. The second-order valence-corrected chi connectivity index (χ2v) is 6.10. The molecule has 116 valence electrons. The van der Waals surface area contributed by atoms with E-state index in [0.717, 1.165) is 19.3 Å². The first-order valence-electron chi connectivity index (χ1n) is 7.75. The molecule has 0 unspecified atom stereocenters. The summed E-state index contributed by atoms with van der Waals surface area (Å²) in [5, 5.41) is 12.5. The Morgan fingerprint density at radius 2 is 2.05 bits per heavy atom. The lowest BCUT2D eigenvalue weighted by molar-refractivity contribution is -0.124.